The minimum Gasteiger partial charge on any atom is -0.301 e. The van der Waals surface area contributed by atoms with Gasteiger partial charge in [0.1, 0.15) is 0 Å². The van der Waals surface area contributed by atoms with Gasteiger partial charge in [-0.25, -0.2) is 0 Å². The van der Waals surface area contributed by atoms with Gasteiger partial charge in [-0.05, 0) is 37.0 Å². The predicted octanol–water partition coefficient (Wildman–Crippen LogP) is 1.55. The maximum absolute atomic E-state index is 12.4. The molecule has 3 rings (SSSR count). The molecule has 0 aromatic carbocycles. The van der Waals surface area contributed by atoms with Crippen molar-refractivity contribution >= 4 is 11.8 Å². The highest BCUT2D eigenvalue weighted by molar-refractivity contribution is 6.05. The van der Waals surface area contributed by atoms with E-state index in [-0.39, 0.29) is 30.3 Å². The van der Waals surface area contributed by atoms with Gasteiger partial charge in [0.2, 0.25) is 11.8 Å². The fourth-order valence-electron chi connectivity index (χ4n) is 3.27. The van der Waals surface area contributed by atoms with E-state index in [9.17, 15) is 9.59 Å². The number of hydrogen-bond donors (Lipinski definition) is 1. The average Bonchev–Trinajstić information content (AvgIpc) is 3.07. The SMILES string of the molecule is Cc1ccncc1CNC1CC(=O)N(C2CCCC2)C1=O. The van der Waals surface area contributed by atoms with Crippen LogP contribution < -0.4 is 5.32 Å². The predicted molar refractivity (Wildman–Crippen MR) is 78.3 cm³/mol. The van der Waals surface area contributed by atoms with Crippen LogP contribution in [-0.4, -0.2) is 33.8 Å². The number of nitrogens with one attached hydrogen (secondary N) is 1. The maximum atomic E-state index is 12.4. The van der Waals surface area contributed by atoms with Crippen molar-refractivity contribution in [3.8, 4) is 0 Å². The molecule has 1 aromatic rings. The van der Waals surface area contributed by atoms with Crippen LogP contribution in [0.3, 0.4) is 0 Å². The fraction of sp³-hybridized carbons (Fsp3) is 0.562. The highest BCUT2D eigenvalue weighted by Crippen LogP contribution is 2.28. The highest BCUT2D eigenvalue weighted by atomic mass is 16.2. The average molecular weight is 287 g/mol. The number of imide groups is 1. The quantitative estimate of drug-likeness (QED) is 0.854. The van der Waals surface area contributed by atoms with Crippen molar-refractivity contribution in [1.82, 2.24) is 15.2 Å². The highest BCUT2D eigenvalue weighted by Gasteiger charge is 2.42. The molecular formula is C16H21N3O2. The molecule has 1 unspecified atom stereocenters. The van der Waals surface area contributed by atoms with Crippen LogP contribution in [0.25, 0.3) is 0 Å². The molecule has 1 aliphatic heterocycles. The molecule has 2 fully saturated rings. The van der Waals surface area contributed by atoms with E-state index >= 15 is 0 Å². The number of aromatic nitrogens is 1. The number of aryl methyl sites for hydroxylation is 1. The lowest BCUT2D eigenvalue weighted by Crippen LogP contribution is -2.42. The standard InChI is InChI=1S/C16H21N3O2/c1-11-6-7-17-9-12(11)10-18-14-8-15(20)19(16(14)21)13-4-2-3-5-13/h6-7,9,13-14,18H,2-5,8,10H2,1H3. The molecule has 1 N–H and O–H groups in total. The zero-order valence-electron chi connectivity index (χ0n) is 12.3. The van der Waals surface area contributed by atoms with Gasteiger partial charge >= 0.3 is 0 Å². The van der Waals surface area contributed by atoms with Gasteiger partial charge in [0.25, 0.3) is 0 Å². The van der Waals surface area contributed by atoms with Gasteiger partial charge in [0.05, 0.1) is 12.5 Å². The molecule has 0 radical (unpaired) electrons. The Morgan fingerprint density at radius 3 is 2.81 bits per heavy atom. The monoisotopic (exact) mass is 287 g/mol. The van der Waals surface area contributed by atoms with Crippen molar-refractivity contribution in [3.63, 3.8) is 0 Å². The molecule has 21 heavy (non-hydrogen) atoms. The number of amides is 2. The smallest absolute Gasteiger partial charge is 0.247 e. The Balaban J connectivity index is 1.63. The number of carbonyl (C=O) groups excluding carboxylic acids is 2. The fourth-order valence-corrected chi connectivity index (χ4v) is 3.27. The van der Waals surface area contributed by atoms with Gasteiger partial charge < -0.3 is 5.32 Å². The molecule has 1 aliphatic carbocycles. The summed E-state index contributed by atoms with van der Waals surface area (Å²) < 4.78 is 0. The zero-order chi connectivity index (χ0) is 14.8. The summed E-state index contributed by atoms with van der Waals surface area (Å²) in [6.45, 7) is 2.59. The van der Waals surface area contributed by atoms with Crippen molar-refractivity contribution in [2.45, 2.75) is 57.7 Å². The molecule has 2 amide bonds. The van der Waals surface area contributed by atoms with Gasteiger partial charge in [0.15, 0.2) is 0 Å². The molecule has 1 atom stereocenters. The molecular weight excluding hydrogens is 266 g/mol. The first-order valence-corrected chi connectivity index (χ1v) is 7.65. The number of carbonyl (C=O) groups is 2. The van der Waals surface area contributed by atoms with Crippen molar-refractivity contribution in [1.29, 1.82) is 0 Å². The molecule has 2 heterocycles. The lowest BCUT2D eigenvalue weighted by atomic mass is 10.1. The summed E-state index contributed by atoms with van der Waals surface area (Å²) in [5, 5.41) is 3.22. The van der Waals surface area contributed by atoms with E-state index in [0.29, 0.717) is 6.54 Å². The summed E-state index contributed by atoms with van der Waals surface area (Å²) in [5.74, 6) is -0.0687. The van der Waals surface area contributed by atoms with Crippen molar-refractivity contribution in [2.75, 3.05) is 0 Å². The molecule has 1 saturated carbocycles. The third-order valence-electron chi connectivity index (χ3n) is 4.56. The van der Waals surface area contributed by atoms with Crippen molar-refractivity contribution in [3.05, 3.63) is 29.6 Å². The Kier molecular flexibility index (Phi) is 4.01. The van der Waals surface area contributed by atoms with Crippen LogP contribution in [0.4, 0.5) is 0 Å². The Bertz CT molecular complexity index is 552. The second kappa shape index (κ2) is 5.93. The topological polar surface area (TPSA) is 62.3 Å². The van der Waals surface area contributed by atoms with E-state index in [1.165, 1.54) is 4.90 Å². The van der Waals surface area contributed by atoms with Gasteiger partial charge in [-0.15, -0.1) is 0 Å². The third kappa shape index (κ3) is 2.83. The van der Waals surface area contributed by atoms with Crippen LogP contribution in [0, 0.1) is 6.92 Å². The first-order valence-electron chi connectivity index (χ1n) is 7.65. The van der Waals surface area contributed by atoms with Gasteiger partial charge in [-0.1, -0.05) is 12.8 Å². The number of likely N-dealkylation sites (tertiary alicyclic amines) is 1. The molecule has 1 aromatic heterocycles. The van der Waals surface area contributed by atoms with Crippen LogP contribution in [-0.2, 0) is 16.1 Å². The summed E-state index contributed by atoms with van der Waals surface area (Å²) in [6, 6.07) is 1.71. The van der Waals surface area contributed by atoms with Crippen LogP contribution in [0.15, 0.2) is 18.5 Å². The second-order valence-corrected chi connectivity index (χ2v) is 5.98. The van der Waals surface area contributed by atoms with Crippen LogP contribution in [0.2, 0.25) is 0 Å². The van der Waals surface area contributed by atoms with Crippen LogP contribution >= 0.6 is 0 Å². The van der Waals surface area contributed by atoms with E-state index in [1.807, 2.05) is 13.0 Å². The van der Waals surface area contributed by atoms with Gasteiger partial charge in [-0.2, -0.15) is 0 Å². The largest absolute Gasteiger partial charge is 0.301 e. The molecule has 112 valence electrons. The number of nitrogens with zero attached hydrogens (tertiary/aromatic N) is 2. The first kappa shape index (κ1) is 14.2. The summed E-state index contributed by atoms with van der Waals surface area (Å²) in [5.41, 5.74) is 2.21. The normalized spacial score (nSPS) is 23.3. The zero-order valence-corrected chi connectivity index (χ0v) is 12.3. The molecule has 0 bridgehead atoms. The first-order chi connectivity index (χ1) is 10.2. The minimum atomic E-state index is -0.377. The Morgan fingerprint density at radius 2 is 2.10 bits per heavy atom. The van der Waals surface area contributed by atoms with E-state index in [4.69, 9.17) is 0 Å². The Morgan fingerprint density at radius 1 is 1.33 bits per heavy atom. The maximum Gasteiger partial charge on any atom is 0.247 e. The second-order valence-electron chi connectivity index (χ2n) is 5.98. The molecule has 5 heteroatoms. The van der Waals surface area contributed by atoms with Crippen molar-refractivity contribution in [2.24, 2.45) is 0 Å². The van der Waals surface area contributed by atoms with E-state index in [1.54, 1.807) is 12.4 Å². The summed E-state index contributed by atoms with van der Waals surface area (Å²) in [7, 11) is 0. The molecule has 1 saturated heterocycles. The number of rotatable bonds is 4. The lowest BCUT2D eigenvalue weighted by molar-refractivity contribution is -0.141. The molecule has 5 nitrogen and oxygen atoms in total. The van der Waals surface area contributed by atoms with E-state index in [2.05, 4.69) is 10.3 Å². The summed E-state index contributed by atoms with van der Waals surface area (Å²) in [6.07, 6.45) is 8.01. The Hall–Kier alpha value is -1.75. The molecule has 0 spiro atoms. The lowest BCUT2D eigenvalue weighted by Gasteiger charge is -2.22. The van der Waals surface area contributed by atoms with E-state index < -0.39 is 0 Å². The van der Waals surface area contributed by atoms with Gasteiger partial charge in [-0.3, -0.25) is 19.5 Å². The van der Waals surface area contributed by atoms with E-state index in [0.717, 1.165) is 36.8 Å². The van der Waals surface area contributed by atoms with Crippen molar-refractivity contribution < 1.29 is 9.59 Å². The molecule has 2 aliphatic rings. The third-order valence-corrected chi connectivity index (χ3v) is 4.56. The number of hydrogen-bond acceptors (Lipinski definition) is 4. The van der Waals surface area contributed by atoms with Crippen LogP contribution in [0.5, 0.6) is 0 Å². The minimum absolute atomic E-state index is 0.0210. The summed E-state index contributed by atoms with van der Waals surface area (Å²) in [4.78, 5) is 30.2. The Labute approximate surface area is 124 Å². The summed E-state index contributed by atoms with van der Waals surface area (Å²) >= 11 is 0. The number of pyridine rings is 1. The van der Waals surface area contributed by atoms with Crippen LogP contribution in [0.1, 0.15) is 43.2 Å². The van der Waals surface area contributed by atoms with Gasteiger partial charge in [0, 0.05) is 25.0 Å².